The van der Waals surface area contributed by atoms with E-state index in [-0.39, 0.29) is 6.04 Å². The normalized spacial score (nSPS) is 22.3. The molecule has 22 heavy (non-hydrogen) atoms. The number of hydrogen-bond donors (Lipinski definition) is 1. The Morgan fingerprint density at radius 2 is 2.14 bits per heavy atom. The molecule has 0 bridgehead atoms. The summed E-state index contributed by atoms with van der Waals surface area (Å²) in [4.78, 5) is 6.69. The quantitative estimate of drug-likeness (QED) is 0.940. The first-order valence-electron chi connectivity index (χ1n) is 7.81. The highest BCUT2D eigenvalue weighted by Gasteiger charge is 2.38. The molecule has 2 aromatic rings. The minimum absolute atomic E-state index is 0.239. The average molecular weight is 301 g/mol. The van der Waals surface area contributed by atoms with Crippen LogP contribution in [-0.4, -0.2) is 38.2 Å². The molecule has 1 unspecified atom stereocenters. The van der Waals surface area contributed by atoms with Crippen molar-refractivity contribution in [3.63, 3.8) is 0 Å². The smallest absolute Gasteiger partial charge is 0.128 e. The molecule has 0 saturated carbocycles. The minimum atomic E-state index is -0.961. The third kappa shape index (κ3) is 2.83. The molecule has 0 aliphatic carbocycles. The van der Waals surface area contributed by atoms with Crippen molar-refractivity contribution in [2.24, 2.45) is 0 Å². The molecule has 0 aromatic carbocycles. The van der Waals surface area contributed by atoms with Crippen molar-refractivity contribution >= 4 is 5.82 Å². The van der Waals surface area contributed by atoms with Gasteiger partial charge in [0.15, 0.2) is 0 Å². The van der Waals surface area contributed by atoms with Gasteiger partial charge in [-0.05, 0) is 45.7 Å². The Kier molecular flexibility index (Phi) is 3.87. The summed E-state index contributed by atoms with van der Waals surface area (Å²) in [6.07, 6.45) is 3.46. The Bertz CT molecular complexity index is 653. The van der Waals surface area contributed by atoms with E-state index >= 15 is 0 Å². The summed E-state index contributed by atoms with van der Waals surface area (Å²) in [5.74, 6) is 0.911. The van der Waals surface area contributed by atoms with Crippen molar-refractivity contribution in [1.29, 1.82) is 0 Å². The zero-order chi connectivity index (χ0) is 15.7. The van der Waals surface area contributed by atoms with Crippen LogP contribution in [0.4, 0.5) is 5.82 Å². The van der Waals surface area contributed by atoms with Gasteiger partial charge in [0.05, 0.1) is 12.7 Å². The maximum absolute atomic E-state index is 11.1. The molecule has 3 heterocycles. The lowest BCUT2D eigenvalue weighted by atomic mass is 9.90. The predicted molar refractivity (Wildman–Crippen MR) is 84.7 cm³/mol. The van der Waals surface area contributed by atoms with E-state index in [0.717, 1.165) is 24.5 Å². The summed E-state index contributed by atoms with van der Waals surface area (Å²) >= 11 is 0. The van der Waals surface area contributed by atoms with Gasteiger partial charge in [0.25, 0.3) is 0 Å². The van der Waals surface area contributed by atoms with Crippen molar-refractivity contribution in [1.82, 2.24) is 20.0 Å². The highest BCUT2D eigenvalue weighted by atomic mass is 16.3. The molecule has 6 nitrogen and oxygen atoms in total. The first-order chi connectivity index (χ1) is 10.5. The van der Waals surface area contributed by atoms with Gasteiger partial charge in [-0.1, -0.05) is 11.3 Å². The molecule has 1 saturated heterocycles. The summed E-state index contributed by atoms with van der Waals surface area (Å²) in [5, 5.41) is 19.4. The van der Waals surface area contributed by atoms with E-state index in [0.29, 0.717) is 18.7 Å². The third-order valence-corrected chi connectivity index (χ3v) is 4.18. The van der Waals surface area contributed by atoms with Gasteiger partial charge in [0, 0.05) is 18.3 Å². The van der Waals surface area contributed by atoms with Gasteiger partial charge < -0.3 is 10.0 Å². The Morgan fingerprint density at radius 3 is 2.82 bits per heavy atom. The molecule has 0 amide bonds. The largest absolute Gasteiger partial charge is 0.382 e. The molecule has 1 N–H and O–H groups in total. The van der Waals surface area contributed by atoms with Gasteiger partial charge in [-0.25, -0.2) is 9.67 Å². The van der Waals surface area contributed by atoms with E-state index in [4.69, 9.17) is 0 Å². The van der Waals surface area contributed by atoms with E-state index in [1.807, 2.05) is 45.2 Å². The van der Waals surface area contributed by atoms with E-state index in [9.17, 15) is 5.11 Å². The average Bonchev–Trinajstić information content (AvgIpc) is 2.98. The van der Waals surface area contributed by atoms with Gasteiger partial charge in [-0.2, -0.15) is 0 Å². The lowest BCUT2D eigenvalue weighted by molar-refractivity contribution is 0.0174. The molecule has 6 heteroatoms. The molecule has 1 fully saturated rings. The van der Waals surface area contributed by atoms with Crippen LogP contribution in [0.3, 0.4) is 0 Å². The van der Waals surface area contributed by atoms with Crippen molar-refractivity contribution < 1.29 is 5.11 Å². The van der Waals surface area contributed by atoms with Crippen LogP contribution in [0.1, 0.15) is 44.1 Å². The number of nitrogens with zero attached hydrogens (tertiary/aromatic N) is 5. The van der Waals surface area contributed by atoms with Gasteiger partial charge >= 0.3 is 0 Å². The third-order valence-electron chi connectivity index (χ3n) is 4.18. The van der Waals surface area contributed by atoms with Crippen molar-refractivity contribution in [3.8, 4) is 0 Å². The number of hydrogen-bond acceptors (Lipinski definition) is 5. The van der Waals surface area contributed by atoms with Crippen molar-refractivity contribution in [2.75, 3.05) is 18.0 Å². The Hall–Kier alpha value is -1.95. The number of aromatic nitrogens is 4. The second-order valence-electron chi connectivity index (χ2n) is 6.37. The molecule has 2 aromatic heterocycles. The van der Waals surface area contributed by atoms with Crippen LogP contribution in [0.15, 0.2) is 24.4 Å². The Labute approximate surface area is 130 Å². The predicted octanol–water partition coefficient (Wildman–Crippen LogP) is 2.05. The van der Waals surface area contributed by atoms with Crippen molar-refractivity contribution in [3.05, 3.63) is 35.8 Å². The summed E-state index contributed by atoms with van der Waals surface area (Å²) < 4.78 is 1.79. The second-order valence-corrected chi connectivity index (χ2v) is 6.37. The fourth-order valence-corrected chi connectivity index (χ4v) is 2.89. The van der Waals surface area contributed by atoms with Crippen LogP contribution in [-0.2, 0) is 5.60 Å². The van der Waals surface area contributed by atoms with Crippen LogP contribution in [0.5, 0.6) is 0 Å². The molecule has 1 atom stereocenters. The number of aliphatic hydroxyl groups is 1. The molecule has 3 rings (SSSR count). The van der Waals surface area contributed by atoms with Crippen LogP contribution in [0.2, 0.25) is 0 Å². The lowest BCUT2D eigenvalue weighted by Gasteiger charge is -2.38. The molecule has 0 radical (unpaired) electrons. The molecule has 118 valence electrons. The Balaban J connectivity index is 1.84. The monoisotopic (exact) mass is 301 g/mol. The number of pyridine rings is 1. The van der Waals surface area contributed by atoms with Crippen LogP contribution < -0.4 is 4.90 Å². The van der Waals surface area contributed by atoms with Gasteiger partial charge in [0.1, 0.15) is 17.1 Å². The zero-order valence-electron chi connectivity index (χ0n) is 13.4. The lowest BCUT2D eigenvalue weighted by Crippen LogP contribution is -2.46. The number of rotatable bonds is 3. The Morgan fingerprint density at radius 1 is 1.32 bits per heavy atom. The summed E-state index contributed by atoms with van der Waals surface area (Å²) in [6, 6.07) is 6.21. The SMILES string of the molecule is Cc1cccc(N2CCCC(O)(c3cn(C(C)C)nn3)C2)n1. The van der Waals surface area contributed by atoms with Crippen LogP contribution in [0, 0.1) is 6.92 Å². The molecular weight excluding hydrogens is 278 g/mol. The molecular formula is C16H23N5O. The summed E-state index contributed by atoms with van der Waals surface area (Å²) in [6.45, 7) is 7.48. The van der Waals surface area contributed by atoms with Gasteiger partial charge in [-0.15, -0.1) is 5.10 Å². The summed E-state index contributed by atoms with van der Waals surface area (Å²) in [7, 11) is 0. The van der Waals surface area contributed by atoms with Crippen LogP contribution in [0.25, 0.3) is 0 Å². The van der Waals surface area contributed by atoms with E-state index in [1.165, 1.54) is 0 Å². The molecule has 1 aliphatic heterocycles. The standard InChI is InChI=1S/C16H23N5O/c1-12(2)21-10-14(18-19-21)16(22)8-5-9-20(11-16)15-7-4-6-13(3)17-15/h4,6-7,10,12,22H,5,8-9,11H2,1-3H3. The highest BCUT2D eigenvalue weighted by molar-refractivity contribution is 5.41. The number of anilines is 1. The molecule has 1 aliphatic rings. The second kappa shape index (κ2) is 5.68. The fourth-order valence-electron chi connectivity index (χ4n) is 2.89. The van der Waals surface area contributed by atoms with Crippen molar-refractivity contribution in [2.45, 2.75) is 45.3 Å². The van der Waals surface area contributed by atoms with Gasteiger partial charge in [0.2, 0.25) is 0 Å². The topological polar surface area (TPSA) is 67.1 Å². The van der Waals surface area contributed by atoms with E-state index in [1.54, 1.807) is 4.68 Å². The maximum atomic E-state index is 11.1. The number of aryl methyl sites for hydroxylation is 1. The maximum Gasteiger partial charge on any atom is 0.128 e. The highest BCUT2D eigenvalue weighted by Crippen LogP contribution is 2.32. The van der Waals surface area contributed by atoms with E-state index < -0.39 is 5.60 Å². The zero-order valence-corrected chi connectivity index (χ0v) is 13.4. The first-order valence-corrected chi connectivity index (χ1v) is 7.81. The van der Waals surface area contributed by atoms with E-state index in [2.05, 4.69) is 20.2 Å². The number of β-amino-alcohol motifs (C(OH)–C–C–N with tert-alkyl or cyclic N) is 1. The summed E-state index contributed by atoms with van der Waals surface area (Å²) in [5.41, 5.74) is 0.674. The minimum Gasteiger partial charge on any atom is -0.382 e. The molecule has 0 spiro atoms. The first kappa shape index (κ1) is 15.0. The fraction of sp³-hybridized carbons (Fsp3) is 0.562. The van der Waals surface area contributed by atoms with Crippen LogP contribution >= 0.6 is 0 Å². The number of piperidine rings is 1. The van der Waals surface area contributed by atoms with Gasteiger partial charge in [-0.3, -0.25) is 0 Å².